The van der Waals surface area contributed by atoms with Crippen molar-refractivity contribution in [3.05, 3.63) is 35.4 Å². The molecule has 0 aliphatic heterocycles. The van der Waals surface area contributed by atoms with Crippen molar-refractivity contribution in [2.75, 3.05) is 13.2 Å². The van der Waals surface area contributed by atoms with Gasteiger partial charge in [-0.1, -0.05) is 31.2 Å². The van der Waals surface area contributed by atoms with Crippen molar-refractivity contribution in [2.45, 2.75) is 38.9 Å². The number of hydrogen-bond donors (Lipinski definition) is 1. The van der Waals surface area contributed by atoms with E-state index in [9.17, 15) is 22.8 Å². The number of benzene rings is 1. The lowest BCUT2D eigenvalue weighted by atomic mass is 9.88. The Bertz CT molecular complexity index is 572. The zero-order valence-electron chi connectivity index (χ0n) is 13.7. The molecular weight excluding hydrogens is 327 g/mol. The minimum atomic E-state index is -5.13. The van der Waals surface area contributed by atoms with Gasteiger partial charge in [-0.25, -0.2) is 9.59 Å². The van der Waals surface area contributed by atoms with Gasteiger partial charge in [0.15, 0.2) is 0 Å². The lowest BCUT2D eigenvalue weighted by Gasteiger charge is -2.34. The number of nitrogens with one attached hydrogen (secondary N) is 1. The number of esters is 1. The highest BCUT2D eigenvalue weighted by atomic mass is 19.4. The molecule has 0 aliphatic carbocycles. The molecule has 0 aromatic heterocycles. The summed E-state index contributed by atoms with van der Waals surface area (Å²) in [4.78, 5) is 23.9. The van der Waals surface area contributed by atoms with Crippen LogP contribution in [0.25, 0.3) is 0 Å². The molecule has 0 bridgehead atoms. The molecule has 0 saturated carbocycles. The van der Waals surface area contributed by atoms with E-state index in [0.717, 1.165) is 17.7 Å². The van der Waals surface area contributed by atoms with E-state index in [1.807, 2.05) is 6.92 Å². The van der Waals surface area contributed by atoms with E-state index in [4.69, 9.17) is 0 Å². The van der Waals surface area contributed by atoms with Crippen LogP contribution in [0.5, 0.6) is 0 Å². The average molecular weight is 347 g/mol. The number of amides is 1. The second-order valence-corrected chi connectivity index (χ2v) is 4.86. The van der Waals surface area contributed by atoms with Gasteiger partial charge < -0.3 is 9.47 Å². The van der Waals surface area contributed by atoms with Crippen LogP contribution in [0.1, 0.15) is 31.9 Å². The molecule has 1 aromatic carbocycles. The van der Waals surface area contributed by atoms with Crippen molar-refractivity contribution >= 4 is 12.1 Å². The summed E-state index contributed by atoms with van der Waals surface area (Å²) >= 11 is 0. The predicted molar refractivity (Wildman–Crippen MR) is 80.3 cm³/mol. The molecule has 134 valence electrons. The average Bonchev–Trinajstić information content (AvgIpc) is 2.52. The Hall–Kier alpha value is -2.25. The topological polar surface area (TPSA) is 64.6 Å². The summed E-state index contributed by atoms with van der Waals surface area (Å²) in [5.74, 6) is -1.62. The molecule has 0 aliphatic rings. The van der Waals surface area contributed by atoms with Gasteiger partial charge in [0.05, 0.1) is 13.2 Å². The van der Waals surface area contributed by atoms with Gasteiger partial charge in [0.25, 0.3) is 5.54 Å². The molecule has 0 heterocycles. The number of rotatable bonds is 6. The van der Waals surface area contributed by atoms with Crippen LogP contribution in [0.2, 0.25) is 0 Å². The van der Waals surface area contributed by atoms with Gasteiger partial charge in [-0.3, -0.25) is 5.32 Å². The zero-order valence-corrected chi connectivity index (χ0v) is 13.7. The van der Waals surface area contributed by atoms with Gasteiger partial charge in [-0.2, -0.15) is 13.2 Å². The molecule has 8 heteroatoms. The molecule has 1 atom stereocenters. The van der Waals surface area contributed by atoms with Crippen LogP contribution >= 0.6 is 0 Å². The Kier molecular flexibility index (Phi) is 6.62. The second-order valence-electron chi connectivity index (χ2n) is 4.86. The van der Waals surface area contributed by atoms with E-state index in [-0.39, 0.29) is 13.2 Å². The van der Waals surface area contributed by atoms with Crippen LogP contribution in [-0.4, -0.2) is 31.5 Å². The normalized spacial score (nSPS) is 13.8. The predicted octanol–water partition coefficient (Wildman–Crippen LogP) is 3.32. The van der Waals surface area contributed by atoms with E-state index < -0.39 is 29.3 Å². The number of halogens is 3. The Morgan fingerprint density at radius 3 is 1.96 bits per heavy atom. The third-order valence-corrected chi connectivity index (χ3v) is 3.37. The Labute approximate surface area is 138 Å². The van der Waals surface area contributed by atoms with Gasteiger partial charge in [0.2, 0.25) is 0 Å². The fraction of sp³-hybridized carbons (Fsp3) is 0.500. The number of carbonyl (C=O) groups excluding carboxylic acids is 2. The maximum Gasteiger partial charge on any atom is 0.426 e. The van der Waals surface area contributed by atoms with Gasteiger partial charge in [0, 0.05) is 0 Å². The lowest BCUT2D eigenvalue weighted by molar-refractivity contribution is -0.215. The summed E-state index contributed by atoms with van der Waals surface area (Å²) in [6, 6.07) is 5.22. The standard InChI is InChI=1S/C16H20F3NO4/c1-4-11-7-9-12(10-8-11)15(16(17,18)19,13(21)23-5-2)20-14(22)24-6-3/h7-10H,4-6H2,1-3H3,(H,20,22). The maximum atomic E-state index is 13.8. The van der Waals surface area contributed by atoms with Crippen molar-refractivity contribution in [3.8, 4) is 0 Å². The molecule has 0 saturated heterocycles. The summed E-state index contributed by atoms with van der Waals surface area (Å²) in [6.45, 7) is 4.25. The fourth-order valence-electron chi connectivity index (χ4n) is 2.14. The first kappa shape index (κ1) is 19.8. The minimum absolute atomic E-state index is 0.141. The Morgan fingerprint density at radius 1 is 1.00 bits per heavy atom. The quantitative estimate of drug-likeness (QED) is 0.802. The number of alkyl halides is 3. The van der Waals surface area contributed by atoms with Crippen LogP contribution in [0.3, 0.4) is 0 Å². The van der Waals surface area contributed by atoms with E-state index in [0.29, 0.717) is 6.42 Å². The first-order valence-electron chi connectivity index (χ1n) is 7.51. The van der Waals surface area contributed by atoms with E-state index in [2.05, 4.69) is 9.47 Å². The van der Waals surface area contributed by atoms with Crippen LogP contribution in [0.15, 0.2) is 24.3 Å². The van der Waals surface area contributed by atoms with Gasteiger partial charge in [0.1, 0.15) is 0 Å². The molecule has 0 fully saturated rings. The number of aryl methyl sites for hydroxylation is 1. The summed E-state index contributed by atoms with van der Waals surface area (Å²) in [6.07, 6.45) is -5.87. The van der Waals surface area contributed by atoms with Crippen molar-refractivity contribution in [3.63, 3.8) is 0 Å². The zero-order chi connectivity index (χ0) is 18.4. The molecule has 0 radical (unpaired) electrons. The SMILES string of the molecule is CCOC(=O)NC(C(=O)OCC)(c1ccc(CC)cc1)C(F)(F)F. The summed E-state index contributed by atoms with van der Waals surface area (Å²) in [5.41, 5.74) is -2.99. The fourth-order valence-corrected chi connectivity index (χ4v) is 2.14. The molecule has 1 unspecified atom stereocenters. The summed E-state index contributed by atoms with van der Waals surface area (Å²) in [7, 11) is 0. The van der Waals surface area contributed by atoms with Crippen LogP contribution in [-0.2, 0) is 26.2 Å². The molecule has 5 nitrogen and oxygen atoms in total. The molecule has 1 amide bonds. The molecule has 1 rings (SSSR count). The third-order valence-electron chi connectivity index (χ3n) is 3.37. The molecule has 1 N–H and O–H groups in total. The first-order chi connectivity index (χ1) is 11.2. The van der Waals surface area contributed by atoms with Gasteiger partial charge in [-0.15, -0.1) is 0 Å². The number of carbonyl (C=O) groups is 2. The van der Waals surface area contributed by atoms with Crippen LogP contribution in [0, 0.1) is 0 Å². The van der Waals surface area contributed by atoms with Crippen molar-refractivity contribution in [2.24, 2.45) is 0 Å². The Morgan fingerprint density at radius 2 is 1.54 bits per heavy atom. The second kappa shape index (κ2) is 8.03. The van der Waals surface area contributed by atoms with Crippen molar-refractivity contribution < 1.29 is 32.2 Å². The smallest absolute Gasteiger partial charge is 0.426 e. The van der Waals surface area contributed by atoms with Crippen molar-refractivity contribution in [1.29, 1.82) is 0 Å². The van der Waals surface area contributed by atoms with E-state index in [1.165, 1.54) is 26.0 Å². The number of alkyl carbamates (subject to hydrolysis) is 1. The highest BCUT2D eigenvalue weighted by molar-refractivity contribution is 5.88. The highest BCUT2D eigenvalue weighted by Crippen LogP contribution is 2.40. The first-order valence-corrected chi connectivity index (χ1v) is 7.51. The summed E-state index contributed by atoms with van der Waals surface area (Å²) < 4.78 is 50.7. The van der Waals surface area contributed by atoms with Crippen molar-refractivity contribution in [1.82, 2.24) is 5.32 Å². The largest absolute Gasteiger partial charge is 0.464 e. The minimum Gasteiger partial charge on any atom is -0.464 e. The molecular formula is C16H20F3NO4. The van der Waals surface area contributed by atoms with Gasteiger partial charge in [-0.05, 0) is 31.4 Å². The highest BCUT2D eigenvalue weighted by Gasteiger charge is 2.64. The molecule has 24 heavy (non-hydrogen) atoms. The molecule has 0 spiro atoms. The monoisotopic (exact) mass is 347 g/mol. The molecule has 1 aromatic rings. The van der Waals surface area contributed by atoms with E-state index >= 15 is 0 Å². The van der Waals surface area contributed by atoms with E-state index in [1.54, 1.807) is 5.32 Å². The maximum absolute atomic E-state index is 13.8. The van der Waals surface area contributed by atoms with Crippen LogP contribution < -0.4 is 5.32 Å². The van der Waals surface area contributed by atoms with Crippen LogP contribution in [0.4, 0.5) is 18.0 Å². The Balaban J connectivity index is 3.49. The number of hydrogen-bond acceptors (Lipinski definition) is 4. The van der Waals surface area contributed by atoms with Gasteiger partial charge >= 0.3 is 18.2 Å². The third kappa shape index (κ3) is 3.98. The summed E-state index contributed by atoms with van der Waals surface area (Å²) in [5, 5.41) is 1.65. The lowest BCUT2D eigenvalue weighted by Crippen LogP contribution is -2.62. The number of ether oxygens (including phenoxy) is 2.